The second-order valence-corrected chi connectivity index (χ2v) is 13.5. The molecule has 3 N–H and O–H groups in total. The minimum atomic E-state index is -0.490. The van der Waals surface area contributed by atoms with E-state index in [0.29, 0.717) is 60.4 Å². The zero-order valence-electron chi connectivity index (χ0n) is 29.7. The molecule has 6 rings (SSSR count). The van der Waals surface area contributed by atoms with Gasteiger partial charge >= 0.3 is 6.03 Å². The van der Waals surface area contributed by atoms with Crippen LogP contribution in [0.4, 0.5) is 16.2 Å². The number of aliphatic hydroxyl groups is 1. The Balaban J connectivity index is 1.20. The summed E-state index contributed by atoms with van der Waals surface area (Å²) in [6.07, 6.45) is 2.18. The van der Waals surface area contributed by atoms with Crippen LogP contribution in [-0.4, -0.2) is 92.0 Å². The van der Waals surface area contributed by atoms with Crippen molar-refractivity contribution in [3.63, 3.8) is 0 Å². The first-order chi connectivity index (χ1) is 24.7. The quantitative estimate of drug-likeness (QED) is 0.267. The van der Waals surface area contributed by atoms with E-state index in [2.05, 4.69) is 29.5 Å². The van der Waals surface area contributed by atoms with E-state index in [1.165, 1.54) is 0 Å². The Morgan fingerprint density at radius 1 is 0.902 bits per heavy atom. The van der Waals surface area contributed by atoms with Crippen LogP contribution in [0, 0.1) is 5.92 Å². The van der Waals surface area contributed by atoms with Crippen molar-refractivity contribution in [3.05, 3.63) is 65.7 Å². The Bertz CT molecular complexity index is 1690. The highest BCUT2D eigenvalue weighted by molar-refractivity contribution is 6.02. The Morgan fingerprint density at radius 3 is 2.27 bits per heavy atom. The van der Waals surface area contributed by atoms with E-state index in [-0.39, 0.29) is 44.2 Å². The smallest absolute Gasteiger partial charge is 0.323 e. The average molecular weight is 705 g/mol. The second-order valence-electron chi connectivity index (χ2n) is 13.5. The monoisotopic (exact) mass is 704 g/mol. The van der Waals surface area contributed by atoms with E-state index < -0.39 is 12.1 Å². The molecule has 0 saturated carbocycles. The summed E-state index contributed by atoms with van der Waals surface area (Å²) >= 11 is 0. The molecule has 0 spiro atoms. The minimum absolute atomic E-state index is 0.0813. The number of aliphatic hydroxyl groups excluding tert-OH is 1. The number of hydrogen-bond donors (Lipinski definition) is 3. The van der Waals surface area contributed by atoms with Gasteiger partial charge < -0.3 is 49.1 Å². The fourth-order valence-corrected chi connectivity index (χ4v) is 6.45. The predicted molar refractivity (Wildman–Crippen MR) is 191 cm³/mol. The number of rotatable bonds is 8. The first-order valence-corrected chi connectivity index (χ1v) is 17.6. The average Bonchev–Trinajstić information content (AvgIpc) is 3.78. The highest BCUT2D eigenvalue weighted by atomic mass is 16.7. The van der Waals surface area contributed by atoms with Gasteiger partial charge in [-0.15, -0.1) is 0 Å². The number of fused-ring (bicyclic) bond motifs is 3. The lowest BCUT2D eigenvalue weighted by Gasteiger charge is -2.36. The highest BCUT2D eigenvalue weighted by Gasteiger charge is 2.31. The number of amides is 3. The molecule has 3 aliphatic rings. The molecule has 0 aromatic heterocycles. The van der Waals surface area contributed by atoms with E-state index in [0.717, 1.165) is 36.3 Å². The third-order valence-electron chi connectivity index (χ3n) is 9.32. The number of carbonyl (C=O) groups excluding carboxylic acids is 2. The lowest BCUT2D eigenvalue weighted by Crippen LogP contribution is -2.47. The summed E-state index contributed by atoms with van der Waals surface area (Å²) in [4.78, 5) is 31.4. The van der Waals surface area contributed by atoms with Crippen LogP contribution in [0.3, 0.4) is 0 Å². The van der Waals surface area contributed by atoms with Crippen LogP contribution < -0.4 is 34.3 Å². The van der Waals surface area contributed by atoms with Crippen LogP contribution in [-0.2, 0) is 11.3 Å². The van der Waals surface area contributed by atoms with E-state index in [1.807, 2.05) is 32.0 Å². The van der Waals surface area contributed by atoms with Gasteiger partial charge in [-0.3, -0.25) is 9.69 Å². The summed E-state index contributed by atoms with van der Waals surface area (Å²) in [5.41, 5.74) is 2.33. The maximum Gasteiger partial charge on any atom is 0.323 e. The molecule has 274 valence electrons. The Hall–Kier alpha value is -4.72. The summed E-state index contributed by atoms with van der Waals surface area (Å²) < 4.78 is 34.7. The van der Waals surface area contributed by atoms with Crippen LogP contribution in [0.1, 0.15) is 56.0 Å². The van der Waals surface area contributed by atoms with Gasteiger partial charge in [0, 0.05) is 49.6 Å². The Labute approximate surface area is 298 Å². The van der Waals surface area contributed by atoms with Gasteiger partial charge in [0.2, 0.25) is 13.6 Å². The van der Waals surface area contributed by atoms with E-state index in [4.69, 9.17) is 28.4 Å². The zero-order chi connectivity index (χ0) is 35.9. The first kappa shape index (κ1) is 36.1. The third kappa shape index (κ3) is 9.15. The molecule has 3 aromatic rings. The number of carbonyl (C=O) groups is 2. The number of nitrogens with zero attached hydrogens (tertiary/aromatic N) is 2. The van der Waals surface area contributed by atoms with Gasteiger partial charge in [-0.1, -0.05) is 13.0 Å². The van der Waals surface area contributed by atoms with Crippen molar-refractivity contribution in [3.8, 4) is 28.7 Å². The van der Waals surface area contributed by atoms with E-state index in [9.17, 15) is 14.7 Å². The molecular formula is C38H48N4O9. The van der Waals surface area contributed by atoms with Gasteiger partial charge in [0.15, 0.2) is 23.0 Å². The van der Waals surface area contributed by atoms with Gasteiger partial charge in [-0.25, -0.2) is 4.79 Å². The van der Waals surface area contributed by atoms with Gasteiger partial charge in [0.25, 0.3) is 5.91 Å². The lowest BCUT2D eigenvalue weighted by atomic mass is 10.0. The predicted octanol–water partition coefficient (Wildman–Crippen LogP) is 5.72. The summed E-state index contributed by atoms with van der Waals surface area (Å²) in [5.74, 6) is 2.69. The van der Waals surface area contributed by atoms with Crippen molar-refractivity contribution < 1.29 is 43.1 Å². The summed E-state index contributed by atoms with van der Waals surface area (Å²) in [5, 5.41) is 15.9. The maximum absolute atomic E-state index is 14.5. The number of nitrogens with one attached hydrogen (secondary N) is 2. The molecule has 51 heavy (non-hydrogen) atoms. The molecule has 0 radical (unpaired) electrons. The largest absolute Gasteiger partial charge is 0.490 e. The molecule has 13 heteroatoms. The Kier molecular flexibility index (Phi) is 11.7. The van der Waals surface area contributed by atoms with Gasteiger partial charge in [0.1, 0.15) is 5.75 Å². The van der Waals surface area contributed by atoms with Gasteiger partial charge in [-0.2, -0.15) is 0 Å². The number of anilines is 2. The Morgan fingerprint density at radius 2 is 1.55 bits per heavy atom. The van der Waals surface area contributed by atoms with Crippen LogP contribution in [0.25, 0.3) is 0 Å². The van der Waals surface area contributed by atoms with Crippen molar-refractivity contribution in [2.45, 2.75) is 64.8 Å². The molecule has 0 unspecified atom stereocenters. The van der Waals surface area contributed by atoms with Crippen molar-refractivity contribution in [2.24, 2.45) is 5.92 Å². The van der Waals surface area contributed by atoms with Crippen LogP contribution in [0.15, 0.2) is 54.6 Å². The van der Waals surface area contributed by atoms with Gasteiger partial charge in [0.05, 0.1) is 30.4 Å². The lowest BCUT2D eigenvalue weighted by molar-refractivity contribution is -0.0177. The molecular weight excluding hydrogens is 656 g/mol. The molecule has 3 aromatic carbocycles. The minimum Gasteiger partial charge on any atom is -0.490 e. The molecule has 3 heterocycles. The zero-order valence-corrected chi connectivity index (χ0v) is 29.7. The molecule has 3 amide bonds. The number of benzene rings is 3. The summed E-state index contributed by atoms with van der Waals surface area (Å²) in [6, 6.07) is 15.2. The number of urea groups is 1. The van der Waals surface area contributed by atoms with Crippen molar-refractivity contribution in [1.82, 2.24) is 9.80 Å². The number of likely N-dealkylation sites (N-methyl/N-ethyl adjacent to an activating group) is 1. The number of ether oxygens (including phenoxy) is 6. The van der Waals surface area contributed by atoms with Crippen molar-refractivity contribution >= 4 is 23.3 Å². The van der Waals surface area contributed by atoms with Crippen molar-refractivity contribution in [2.75, 3.05) is 57.6 Å². The normalized spacial score (nSPS) is 21.0. The molecule has 4 atom stereocenters. The van der Waals surface area contributed by atoms with Crippen LogP contribution in [0.5, 0.6) is 28.7 Å². The number of hydrogen-bond acceptors (Lipinski definition) is 10. The fraction of sp³-hybridized carbons (Fsp3) is 0.474. The molecule has 0 aliphatic carbocycles. The van der Waals surface area contributed by atoms with Crippen molar-refractivity contribution in [1.29, 1.82) is 0 Å². The first-order valence-electron chi connectivity index (χ1n) is 17.6. The standard InChI is InChI=1S/C38H48N4O9/c1-24-18-42(25(2)21-43)37(44)30-16-28(39-38(45)40-29-10-13-33-35(17-29)50-23-48-33)9-12-31(30)51-26(3)7-5-6-14-46-36(24)20-41(4)19-27-8-11-32-34(15-27)49-22-47-32/h8-13,15-17,24-26,36,43H,5-7,14,18-23H2,1-4H3,(H2,39,40,45)/t24-,25+,26-,36+/m1/s1. The molecule has 0 fully saturated rings. The van der Waals surface area contributed by atoms with Crippen LogP contribution >= 0.6 is 0 Å². The molecule has 3 aliphatic heterocycles. The van der Waals surface area contributed by atoms with Gasteiger partial charge in [-0.05, 0) is 88.2 Å². The fourth-order valence-electron chi connectivity index (χ4n) is 6.45. The van der Waals surface area contributed by atoms with E-state index >= 15 is 0 Å². The SMILES string of the molecule is C[C@@H]1CCCCO[C@@H](CN(C)Cc2ccc3c(c2)OCO3)[C@H](C)CN([C@@H](C)CO)C(=O)c2cc(NC(=O)Nc3ccc4c(c3)OCO4)ccc2O1. The van der Waals surface area contributed by atoms with Crippen LogP contribution in [0.2, 0.25) is 0 Å². The topological polar surface area (TPSA) is 140 Å². The maximum atomic E-state index is 14.5. The second kappa shape index (κ2) is 16.5. The van der Waals surface area contributed by atoms with E-state index in [1.54, 1.807) is 41.3 Å². The molecule has 0 bridgehead atoms. The third-order valence-corrected chi connectivity index (χ3v) is 9.32. The molecule has 0 saturated heterocycles. The summed E-state index contributed by atoms with van der Waals surface area (Å²) in [7, 11) is 2.05. The summed E-state index contributed by atoms with van der Waals surface area (Å²) in [6.45, 7) is 8.25. The molecule has 13 nitrogen and oxygen atoms in total. The highest BCUT2D eigenvalue weighted by Crippen LogP contribution is 2.35.